The van der Waals surface area contributed by atoms with Crippen LogP contribution in [0.3, 0.4) is 0 Å². The van der Waals surface area contributed by atoms with Gasteiger partial charge < -0.3 is 15.5 Å². The van der Waals surface area contributed by atoms with Crippen LogP contribution in [0.2, 0.25) is 5.02 Å². The fourth-order valence-electron chi connectivity index (χ4n) is 3.26. The van der Waals surface area contributed by atoms with Crippen LogP contribution in [-0.4, -0.2) is 61.8 Å². The zero-order valence-electron chi connectivity index (χ0n) is 17.3. The number of anilines is 1. The van der Waals surface area contributed by atoms with Gasteiger partial charge in [-0.1, -0.05) is 23.7 Å². The number of urea groups is 1. The summed E-state index contributed by atoms with van der Waals surface area (Å²) in [4.78, 5) is 26.9. The number of benzene rings is 2. The average molecular weight is 465 g/mol. The molecule has 0 radical (unpaired) electrons. The summed E-state index contributed by atoms with van der Waals surface area (Å²) < 4.78 is 27.0. The first-order valence-electron chi connectivity index (χ1n) is 9.90. The number of carbonyl (C=O) groups is 2. The molecule has 1 fully saturated rings. The Labute approximate surface area is 187 Å². The Morgan fingerprint density at radius 3 is 2.19 bits per heavy atom. The summed E-state index contributed by atoms with van der Waals surface area (Å²) in [5, 5.41) is 5.89. The molecule has 0 spiro atoms. The molecule has 2 N–H and O–H groups in total. The van der Waals surface area contributed by atoms with E-state index in [1.807, 2.05) is 13.8 Å². The van der Waals surface area contributed by atoms with E-state index in [4.69, 9.17) is 11.6 Å². The normalized spacial score (nSPS) is 15.0. The molecule has 31 heavy (non-hydrogen) atoms. The van der Waals surface area contributed by atoms with Crippen LogP contribution < -0.4 is 10.6 Å². The minimum atomic E-state index is -3.66. The number of carbonyl (C=O) groups excluding carboxylic acids is 2. The fraction of sp³-hybridized carbons (Fsp3) is 0.333. The van der Waals surface area contributed by atoms with Crippen molar-refractivity contribution in [1.29, 1.82) is 0 Å². The largest absolute Gasteiger partial charge is 0.336 e. The first-order chi connectivity index (χ1) is 14.7. The summed E-state index contributed by atoms with van der Waals surface area (Å²) >= 11 is 5.85. The lowest BCUT2D eigenvalue weighted by Crippen LogP contribution is -2.50. The molecule has 1 aliphatic rings. The molecule has 0 aromatic heterocycles. The van der Waals surface area contributed by atoms with Crippen molar-refractivity contribution in [3.05, 3.63) is 59.1 Å². The lowest BCUT2D eigenvalue weighted by Gasteiger charge is -2.34. The number of nitrogens with zero attached hydrogens (tertiary/aromatic N) is 2. The van der Waals surface area contributed by atoms with Gasteiger partial charge in [0.05, 0.1) is 16.1 Å². The number of nitrogens with one attached hydrogen (secondary N) is 2. The van der Waals surface area contributed by atoms with E-state index in [0.29, 0.717) is 16.3 Å². The maximum atomic E-state index is 13.1. The van der Waals surface area contributed by atoms with Gasteiger partial charge in [0, 0.05) is 37.2 Å². The van der Waals surface area contributed by atoms with E-state index in [9.17, 15) is 18.0 Å². The Bertz CT molecular complexity index is 1050. The number of halogens is 1. The van der Waals surface area contributed by atoms with Gasteiger partial charge in [0.2, 0.25) is 10.0 Å². The number of hydrogen-bond donors (Lipinski definition) is 2. The van der Waals surface area contributed by atoms with Gasteiger partial charge in [-0.2, -0.15) is 4.31 Å². The van der Waals surface area contributed by atoms with E-state index in [-0.39, 0.29) is 43.0 Å². The van der Waals surface area contributed by atoms with Crippen LogP contribution in [0.1, 0.15) is 24.2 Å². The number of amides is 3. The van der Waals surface area contributed by atoms with Crippen LogP contribution in [0.25, 0.3) is 0 Å². The van der Waals surface area contributed by atoms with Gasteiger partial charge in [-0.25, -0.2) is 13.2 Å². The molecule has 0 aliphatic carbocycles. The van der Waals surface area contributed by atoms with Crippen molar-refractivity contribution in [2.24, 2.45) is 0 Å². The van der Waals surface area contributed by atoms with Gasteiger partial charge in [0.25, 0.3) is 5.91 Å². The SMILES string of the molecule is CC(C)NC(=O)Nc1ccccc1C(=O)N1CCN(S(=O)(=O)c2ccc(Cl)cc2)CC1. The molecule has 166 valence electrons. The third-order valence-electron chi connectivity index (χ3n) is 4.80. The van der Waals surface area contributed by atoms with Crippen LogP contribution in [-0.2, 0) is 10.0 Å². The lowest BCUT2D eigenvalue weighted by molar-refractivity contribution is 0.0699. The molecule has 0 bridgehead atoms. The van der Waals surface area contributed by atoms with Crippen LogP contribution in [0.15, 0.2) is 53.4 Å². The zero-order chi connectivity index (χ0) is 22.6. The fourth-order valence-corrected chi connectivity index (χ4v) is 4.80. The lowest BCUT2D eigenvalue weighted by atomic mass is 10.1. The maximum absolute atomic E-state index is 13.1. The van der Waals surface area contributed by atoms with Crippen molar-refractivity contribution in [2.75, 3.05) is 31.5 Å². The van der Waals surface area contributed by atoms with Gasteiger partial charge in [-0.05, 0) is 50.2 Å². The predicted molar refractivity (Wildman–Crippen MR) is 120 cm³/mol. The highest BCUT2D eigenvalue weighted by Gasteiger charge is 2.31. The van der Waals surface area contributed by atoms with Crippen molar-refractivity contribution < 1.29 is 18.0 Å². The topological polar surface area (TPSA) is 98.8 Å². The van der Waals surface area contributed by atoms with Crippen molar-refractivity contribution >= 4 is 39.2 Å². The van der Waals surface area contributed by atoms with Crippen LogP contribution in [0.5, 0.6) is 0 Å². The molecule has 2 aromatic carbocycles. The second kappa shape index (κ2) is 9.67. The third-order valence-corrected chi connectivity index (χ3v) is 6.97. The smallest absolute Gasteiger partial charge is 0.319 e. The molecule has 3 rings (SSSR count). The molecule has 1 aliphatic heterocycles. The van der Waals surface area contributed by atoms with E-state index in [2.05, 4.69) is 10.6 Å². The number of piperazine rings is 1. The highest BCUT2D eigenvalue weighted by atomic mass is 35.5. The van der Waals surface area contributed by atoms with Gasteiger partial charge in [-0.15, -0.1) is 0 Å². The van der Waals surface area contributed by atoms with Crippen LogP contribution in [0, 0.1) is 0 Å². The van der Waals surface area contributed by atoms with Gasteiger partial charge >= 0.3 is 6.03 Å². The van der Waals surface area contributed by atoms with Crippen molar-refractivity contribution in [2.45, 2.75) is 24.8 Å². The van der Waals surface area contributed by atoms with Gasteiger partial charge in [0.1, 0.15) is 0 Å². The van der Waals surface area contributed by atoms with E-state index in [1.165, 1.54) is 28.6 Å². The van der Waals surface area contributed by atoms with E-state index in [1.54, 1.807) is 29.2 Å². The number of sulfonamides is 1. The Hall–Kier alpha value is -2.62. The molecular weight excluding hydrogens is 440 g/mol. The van der Waals surface area contributed by atoms with E-state index >= 15 is 0 Å². The zero-order valence-corrected chi connectivity index (χ0v) is 18.9. The first-order valence-corrected chi connectivity index (χ1v) is 11.7. The van der Waals surface area contributed by atoms with Gasteiger partial charge in [-0.3, -0.25) is 4.79 Å². The van der Waals surface area contributed by atoms with E-state index in [0.717, 1.165) is 0 Å². The van der Waals surface area contributed by atoms with E-state index < -0.39 is 16.1 Å². The quantitative estimate of drug-likeness (QED) is 0.710. The molecule has 0 unspecified atom stereocenters. The van der Waals surface area contributed by atoms with Crippen molar-refractivity contribution in [3.63, 3.8) is 0 Å². The Morgan fingerprint density at radius 2 is 1.58 bits per heavy atom. The molecule has 1 saturated heterocycles. The summed E-state index contributed by atoms with van der Waals surface area (Å²) in [5.41, 5.74) is 0.761. The molecule has 3 amide bonds. The first kappa shape index (κ1) is 23.1. The highest BCUT2D eigenvalue weighted by Crippen LogP contribution is 2.22. The maximum Gasteiger partial charge on any atom is 0.319 e. The van der Waals surface area contributed by atoms with Crippen molar-refractivity contribution in [1.82, 2.24) is 14.5 Å². The summed E-state index contributed by atoms with van der Waals surface area (Å²) in [6.07, 6.45) is 0. The molecular formula is C21H25ClN4O4S. The Morgan fingerprint density at radius 1 is 0.968 bits per heavy atom. The Balaban J connectivity index is 1.68. The second-order valence-corrected chi connectivity index (χ2v) is 9.82. The third kappa shape index (κ3) is 5.55. The number of rotatable bonds is 5. The van der Waals surface area contributed by atoms with Crippen LogP contribution >= 0.6 is 11.6 Å². The Kier molecular flexibility index (Phi) is 7.19. The molecule has 1 heterocycles. The molecule has 0 atom stereocenters. The molecule has 8 nitrogen and oxygen atoms in total. The molecule has 2 aromatic rings. The monoisotopic (exact) mass is 464 g/mol. The highest BCUT2D eigenvalue weighted by molar-refractivity contribution is 7.89. The minimum Gasteiger partial charge on any atom is -0.336 e. The average Bonchev–Trinajstić information content (AvgIpc) is 2.73. The minimum absolute atomic E-state index is 0.0430. The molecule has 10 heteroatoms. The standard InChI is InChI=1S/C21H25ClN4O4S/c1-15(2)23-21(28)24-19-6-4-3-5-18(19)20(27)25-11-13-26(14-12-25)31(29,30)17-9-7-16(22)8-10-17/h3-10,15H,11-14H2,1-2H3,(H2,23,24,28). The second-order valence-electron chi connectivity index (χ2n) is 7.45. The number of hydrogen-bond acceptors (Lipinski definition) is 4. The van der Waals surface area contributed by atoms with Crippen molar-refractivity contribution in [3.8, 4) is 0 Å². The summed E-state index contributed by atoms with van der Waals surface area (Å²) in [5.74, 6) is -0.260. The molecule has 0 saturated carbocycles. The van der Waals surface area contributed by atoms with Crippen LogP contribution in [0.4, 0.5) is 10.5 Å². The summed E-state index contributed by atoms with van der Waals surface area (Å²) in [6, 6.07) is 12.3. The summed E-state index contributed by atoms with van der Waals surface area (Å²) in [6.45, 7) is 4.54. The summed E-state index contributed by atoms with van der Waals surface area (Å²) in [7, 11) is -3.66. The predicted octanol–water partition coefficient (Wildman–Crippen LogP) is 3.02. The number of para-hydroxylation sites is 1. The van der Waals surface area contributed by atoms with Gasteiger partial charge in [0.15, 0.2) is 0 Å².